The fraction of sp³-hybridized carbons (Fsp3) is 0.562. The zero-order valence-corrected chi connectivity index (χ0v) is 12.2. The zero-order valence-electron chi connectivity index (χ0n) is 12.2. The Morgan fingerprint density at radius 1 is 1.21 bits per heavy atom. The number of carbonyl (C=O) groups is 1. The molecule has 19 heavy (non-hydrogen) atoms. The van der Waals surface area contributed by atoms with E-state index in [4.69, 9.17) is 5.73 Å². The van der Waals surface area contributed by atoms with E-state index in [0.29, 0.717) is 5.92 Å². The van der Waals surface area contributed by atoms with Crippen molar-refractivity contribution >= 4 is 5.91 Å². The minimum absolute atomic E-state index is 0.0331. The van der Waals surface area contributed by atoms with Gasteiger partial charge in [-0.2, -0.15) is 0 Å². The molecule has 3 N–H and O–H groups in total. The van der Waals surface area contributed by atoms with E-state index in [1.54, 1.807) is 0 Å². The van der Waals surface area contributed by atoms with Gasteiger partial charge >= 0.3 is 0 Å². The van der Waals surface area contributed by atoms with Gasteiger partial charge in [0.25, 0.3) is 0 Å². The van der Waals surface area contributed by atoms with Crippen LogP contribution in [-0.2, 0) is 11.2 Å². The van der Waals surface area contributed by atoms with Gasteiger partial charge in [0, 0.05) is 6.04 Å². The van der Waals surface area contributed by atoms with Gasteiger partial charge in [-0.25, -0.2) is 0 Å². The summed E-state index contributed by atoms with van der Waals surface area (Å²) in [5.74, 6) is 0.412. The van der Waals surface area contributed by atoms with Crippen LogP contribution in [0.4, 0.5) is 0 Å². The standard InChI is InChI=1S/C16H26N2O/c1-12(2)11-15(17)16(19)18-13(3)9-10-14-7-5-4-6-8-14/h4-8,12-13,15H,9-11,17H2,1-3H3,(H,18,19)/t13?,15-/m0/s1. The summed E-state index contributed by atoms with van der Waals surface area (Å²) in [5, 5.41) is 2.99. The third-order valence-electron chi connectivity index (χ3n) is 3.16. The Bertz CT molecular complexity index is 376. The highest BCUT2D eigenvalue weighted by Crippen LogP contribution is 2.06. The van der Waals surface area contributed by atoms with E-state index >= 15 is 0 Å². The molecular formula is C16H26N2O. The maximum atomic E-state index is 11.9. The van der Waals surface area contributed by atoms with Gasteiger partial charge in [0.05, 0.1) is 6.04 Å². The molecule has 0 fully saturated rings. The molecule has 1 aromatic carbocycles. The number of nitrogens with one attached hydrogen (secondary N) is 1. The molecule has 3 nitrogen and oxygen atoms in total. The van der Waals surface area contributed by atoms with Crippen LogP contribution < -0.4 is 11.1 Å². The molecule has 0 saturated carbocycles. The minimum Gasteiger partial charge on any atom is -0.352 e. The quantitative estimate of drug-likeness (QED) is 0.793. The van der Waals surface area contributed by atoms with Crippen molar-refractivity contribution in [2.24, 2.45) is 11.7 Å². The second-order valence-electron chi connectivity index (χ2n) is 5.67. The molecule has 0 saturated heterocycles. The van der Waals surface area contributed by atoms with Crippen molar-refractivity contribution in [3.63, 3.8) is 0 Å². The molecule has 1 unspecified atom stereocenters. The van der Waals surface area contributed by atoms with Crippen molar-refractivity contribution in [2.45, 2.75) is 52.1 Å². The van der Waals surface area contributed by atoms with Crippen molar-refractivity contribution in [3.05, 3.63) is 35.9 Å². The molecule has 1 rings (SSSR count). The third-order valence-corrected chi connectivity index (χ3v) is 3.16. The molecule has 2 atom stereocenters. The molecule has 0 heterocycles. The first kappa shape index (κ1) is 15.7. The van der Waals surface area contributed by atoms with Crippen LogP contribution in [-0.4, -0.2) is 18.0 Å². The summed E-state index contributed by atoms with van der Waals surface area (Å²) in [6.07, 6.45) is 2.64. The second-order valence-corrected chi connectivity index (χ2v) is 5.67. The van der Waals surface area contributed by atoms with Gasteiger partial charge in [0.15, 0.2) is 0 Å². The van der Waals surface area contributed by atoms with Gasteiger partial charge in [0.2, 0.25) is 5.91 Å². The van der Waals surface area contributed by atoms with Crippen LogP contribution in [0.25, 0.3) is 0 Å². The molecular weight excluding hydrogens is 236 g/mol. The lowest BCUT2D eigenvalue weighted by molar-refractivity contribution is -0.123. The second kappa shape index (κ2) is 7.95. The first-order chi connectivity index (χ1) is 8.99. The summed E-state index contributed by atoms with van der Waals surface area (Å²) >= 11 is 0. The number of amides is 1. The Morgan fingerprint density at radius 3 is 2.42 bits per heavy atom. The number of hydrogen-bond acceptors (Lipinski definition) is 2. The van der Waals surface area contributed by atoms with Crippen molar-refractivity contribution in [1.29, 1.82) is 0 Å². The van der Waals surface area contributed by atoms with Crippen LogP contribution in [0.2, 0.25) is 0 Å². The molecule has 0 spiro atoms. The van der Waals surface area contributed by atoms with E-state index in [1.807, 2.05) is 25.1 Å². The summed E-state index contributed by atoms with van der Waals surface area (Å²) in [5.41, 5.74) is 7.16. The lowest BCUT2D eigenvalue weighted by Gasteiger charge is -2.18. The summed E-state index contributed by atoms with van der Waals surface area (Å²) in [7, 11) is 0. The number of rotatable bonds is 7. The summed E-state index contributed by atoms with van der Waals surface area (Å²) < 4.78 is 0. The lowest BCUT2D eigenvalue weighted by Crippen LogP contribution is -2.45. The van der Waals surface area contributed by atoms with Gasteiger partial charge in [-0.15, -0.1) is 0 Å². The molecule has 0 aliphatic heterocycles. The molecule has 0 radical (unpaired) electrons. The largest absolute Gasteiger partial charge is 0.352 e. The molecule has 0 aromatic heterocycles. The molecule has 106 valence electrons. The molecule has 0 bridgehead atoms. The molecule has 0 aliphatic carbocycles. The van der Waals surface area contributed by atoms with Crippen LogP contribution >= 0.6 is 0 Å². The third kappa shape index (κ3) is 6.39. The predicted octanol–water partition coefficient (Wildman–Crippen LogP) is 2.50. The van der Waals surface area contributed by atoms with E-state index in [1.165, 1.54) is 5.56 Å². The Balaban J connectivity index is 2.30. The highest BCUT2D eigenvalue weighted by Gasteiger charge is 2.16. The molecule has 1 amide bonds. The number of aryl methyl sites for hydroxylation is 1. The fourth-order valence-electron chi connectivity index (χ4n) is 2.06. The lowest BCUT2D eigenvalue weighted by atomic mass is 10.0. The van der Waals surface area contributed by atoms with Gasteiger partial charge < -0.3 is 11.1 Å². The first-order valence-corrected chi connectivity index (χ1v) is 7.09. The minimum atomic E-state index is -0.390. The average molecular weight is 262 g/mol. The van der Waals surface area contributed by atoms with Crippen molar-refractivity contribution in [2.75, 3.05) is 0 Å². The zero-order chi connectivity index (χ0) is 14.3. The number of carbonyl (C=O) groups excluding carboxylic acids is 1. The van der Waals surface area contributed by atoms with Gasteiger partial charge in [-0.05, 0) is 37.7 Å². The molecule has 0 aliphatic rings. The number of benzene rings is 1. The van der Waals surface area contributed by atoms with Crippen molar-refractivity contribution in [1.82, 2.24) is 5.32 Å². The summed E-state index contributed by atoms with van der Waals surface area (Å²) in [4.78, 5) is 11.9. The van der Waals surface area contributed by atoms with Crippen molar-refractivity contribution < 1.29 is 4.79 Å². The van der Waals surface area contributed by atoms with Crippen LogP contribution in [0.5, 0.6) is 0 Å². The van der Waals surface area contributed by atoms with Crippen molar-refractivity contribution in [3.8, 4) is 0 Å². The number of nitrogens with two attached hydrogens (primary N) is 1. The maximum absolute atomic E-state index is 11.9. The van der Waals surface area contributed by atoms with Crippen LogP contribution in [0.1, 0.15) is 39.2 Å². The summed E-state index contributed by atoms with van der Waals surface area (Å²) in [6, 6.07) is 10.1. The van der Waals surface area contributed by atoms with E-state index in [2.05, 4.69) is 31.3 Å². The SMILES string of the molecule is CC(C)C[C@H](N)C(=O)NC(C)CCc1ccccc1. The van der Waals surface area contributed by atoms with Gasteiger partial charge in [-0.3, -0.25) is 4.79 Å². The summed E-state index contributed by atoms with van der Waals surface area (Å²) in [6.45, 7) is 6.18. The van der Waals surface area contributed by atoms with E-state index in [-0.39, 0.29) is 18.0 Å². The average Bonchev–Trinajstić information content (AvgIpc) is 2.36. The molecule has 1 aromatic rings. The maximum Gasteiger partial charge on any atom is 0.237 e. The first-order valence-electron chi connectivity index (χ1n) is 7.09. The highest BCUT2D eigenvalue weighted by atomic mass is 16.2. The van der Waals surface area contributed by atoms with E-state index in [9.17, 15) is 4.79 Å². The fourth-order valence-corrected chi connectivity index (χ4v) is 2.06. The van der Waals surface area contributed by atoms with E-state index in [0.717, 1.165) is 19.3 Å². The smallest absolute Gasteiger partial charge is 0.237 e. The van der Waals surface area contributed by atoms with E-state index < -0.39 is 0 Å². The van der Waals surface area contributed by atoms with Crippen LogP contribution in [0.15, 0.2) is 30.3 Å². The Kier molecular flexibility index (Phi) is 6.57. The Hall–Kier alpha value is -1.35. The van der Waals surface area contributed by atoms with Gasteiger partial charge in [-0.1, -0.05) is 44.2 Å². The predicted molar refractivity (Wildman–Crippen MR) is 79.8 cm³/mol. The number of hydrogen-bond donors (Lipinski definition) is 2. The topological polar surface area (TPSA) is 55.1 Å². The highest BCUT2D eigenvalue weighted by molar-refractivity contribution is 5.81. The Labute approximate surface area is 116 Å². The molecule has 3 heteroatoms. The van der Waals surface area contributed by atoms with Crippen LogP contribution in [0, 0.1) is 5.92 Å². The van der Waals surface area contributed by atoms with Crippen LogP contribution in [0.3, 0.4) is 0 Å². The Morgan fingerprint density at radius 2 is 1.84 bits per heavy atom. The normalized spacial score (nSPS) is 14.2. The monoisotopic (exact) mass is 262 g/mol. The van der Waals surface area contributed by atoms with Gasteiger partial charge in [0.1, 0.15) is 0 Å².